The van der Waals surface area contributed by atoms with Gasteiger partial charge in [-0.05, 0) is 12.8 Å². The van der Waals surface area contributed by atoms with Crippen molar-refractivity contribution < 1.29 is 9.47 Å². The molecule has 12 heavy (non-hydrogen) atoms. The van der Waals surface area contributed by atoms with E-state index >= 15 is 0 Å². The predicted molar refractivity (Wildman–Crippen MR) is 51.9 cm³/mol. The minimum atomic E-state index is 0.178. The number of hydrogen-bond donors (Lipinski definition) is 0. The van der Waals surface area contributed by atoms with Gasteiger partial charge < -0.3 is 9.47 Å². The third-order valence-electron chi connectivity index (χ3n) is 1.71. The molecule has 0 aliphatic heterocycles. The van der Waals surface area contributed by atoms with Gasteiger partial charge in [-0.1, -0.05) is 12.8 Å². The van der Waals surface area contributed by atoms with Crippen molar-refractivity contribution in [2.75, 3.05) is 27.4 Å². The molecule has 2 nitrogen and oxygen atoms in total. The molecule has 0 aromatic rings. The Bertz CT molecular complexity index is 88.6. The van der Waals surface area contributed by atoms with Gasteiger partial charge in [0, 0.05) is 20.8 Å². The van der Waals surface area contributed by atoms with Crippen molar-refractivity contribution >= 4 is 11.6 Å². The molecule has 1 unspecified atom stereocenters. The van der Waals surface area contributed by atoms with Crippen molar-refractivity contribution in [2.45, 2.75) is 31.1 Å². The van der Waals surface area contributed by atoms with E-state index in [1.807, 2.05) is 0 Å². The van der Waals surface area contributed by atoms with E-state index in [-0.39, 0.29) is 5.38 Å². The van der Waals surface area contributed by atoms with Crippen LogP contribution in [0.15, 0.2) is 0 Å². The molecule has 1 atom stereocenters. The van der Waals surface area contributed by atoms with Gasteiger partial charge >= 0.3 is 0 Å². The Balaban J connectivity index is 2.97. The summed E-state index contributed by atoms with van der Waals surface area (Å²) in [5.41, 5.74) is 0. The lowest BCUT2D eigenvalue weighted by Crippen LogP contribution is -2.06. The molecule has 0 saturated carbocycles. The predicted octanol–water partition coefficient (Wildman–Crippen LogP) is 2.45. The summed E-state index contributed by atoms with van der Waals surface area (Å²) in [6.07, 6.45) is 4.54. The first-order valence-corrected chi connectivity index (χ1v) is 4.86. The molecule has 0 aromatic carbocycles. The van der Waals surface area contributed by atoms with Crippen molar-refractivity contribution in [1.82, 2.24) is 0 Å². The minimum Gasteiger partial charge on any atom is -0.385 e. The number of halogens is 1. The average molecular weight is 195 g/mol. The van der Waals surface area contributed by atoms with Crippen molar-refractivity contribution in [3.8, 4) is 0 Å². The van der Waals surface area contributed by atoms with Crippen molar-refractivity contribution in [2.24, 2.45) is 0 Å². The topological polar surface area (TPSA) is 18.5 Å². The highest BCUT2D eigenvalue weighted by Crippen LogP contribution is 2.09. The first kappa shape index (κ1) is 12.2. The van der Waals surface area contributed by atoms with Crippen LogP contribution in [0.3, 0.4) is 0 Å². The molecule has 0 aliphatic carbocycles. The highest BCUT2D eigenvalue weighted by Gasteiger charge is 2.02. The fraction of sp³-hybridized carbons (Fsp3) is 1.00. The fourth-order valence-corrected chi connectivity index (χ4v) is 1.33. The molecule has 0 aliphatic rings. The smallest absolute Gasteiger partial charge is 0.0626 e. The Morgan fingerprint density at radius 2 is 1.83 bits per heavy atom. The van der Waals surface area contributed by atoms with Gasteiger partial charge in [-0.2, -0.15) is 0 Å². The van der Waals surface area contributed by atoms with Crippen LogP contribution in [0.1, 0.15) is 25.7 Å². The molecule has 0 heterocycles. The number of methoxy groups -OCH3 is 2. The highest BCUT2D eigenvalue weighted by molar-refractivity contribution is 6.20. The molecule has 0 bridgehead atoms. The van der Waals surface area contributed by atoms with E-state index in [0.717, 1.165) is 19.4 Å². The van der Waals surface area contributed by atoms with E-state index in [1.165, 1.54) is 12.8 Å². The molecule has 0 radical (unpaired) electrons. The third-order valence-corrected chi connectivity index (χ3v) is 2.06. The lowest BCUT2D eigenvalue weighted by Gasteiger charge is -2.06. The zero-order valence-electron chi connectivity index (χ0n) is 8.01. The average Bonchev–Trinajstić information content (AvgIpc) is 2.05. The number of hydrogen-bond acceptors (Lipinski definition) is 2. The maximum Gasteiger partial charge on any atom is 0.0626 e. The lowest BCUT2D eigenvalue weighted by molar-refractivity contribution is 0.186. The zero-order valence-corrected chi connectivity index (χ0v) is 8.77. The van der Waals surface area contributed by atoms with E-state index < -0.39 is 0 Å². The third kappa shape index (κ3) is 8.31. The molecular weight excluding hydrogens is 176 g/mol. The second kappa shape index (κ2) is 9.30. The molecule has 3 heteroatoms. The number of unbranched alkanes of at least 4 members (excludes halogenated alkanes) is 2. The van der Waals surface area contributed by atoms with Crippen LogP contribution < -0.4 is 0 Å². The molecule has 0 aromatic heterocycles. The van der Waals surface area contributed by atoms with Gasteiger partial charge in [0.2, 0.25) is 0 Å². The normalized spacial score (nSPS) is 13.2. The first-order valence-electron chi connectivity index (χ1n) is 4.43. The summed E-state index contributed by atoms with van der Waals surface area (Å²) in [5, 5.41) is 0.178. The largest absolute Gasteiger partial charge is 0.385 e. The van der Waals surface area contributed by atoms with Gasteiger partial charge in [0.25, 0.3) is 0 Å². The van der Waals surface area contributed by atoms with Crippen LogP contribution >= 0.6 is 11.6 Å². The number of ether oxygens (including phenoxy) is 2. The molecule has 0 spiro atoms. The Hall–Kier alpha value is 0.210. The highest BCUT2D eigenvalue weighted by atomic mass is 35.5. The van der Waals surface area contributed by atoms with Crippen molar-refractivity contribution in [3.63, 3.8) is 0 Å². The Kier molecular flexibility index (Phi) is 9.46. The van der Waals surface area contributed by atoms with Crippen LogP contribution in [-0.4, -0.2) is 32.8 Å². The van der Waals surface area contributed by atoms with Crippen LogP contribution in [0.2, 0.25) is 0 Å². The molecule has 74 valence electrons. The number of alkyl halides is 1. The first-order chi connectivity index (χ1) is 5.81. The van der Waals surface area contributed by atoms with Crippen LogP contribution in [0.4, 0.5) is 0 Å². The Morgan fingerprint density at radius 3 is 2.42 bits per heavy atom. The maximum absolute atomic E-state index is 5.94. The number of rotatable bonds is 8. The summed E-state index contributed by atoms with van der Waals surface area (Å²) >= 11 is 5.94. The lowest BCUT2D eigenvalue weighted by atomic mass is 10.1. The van der Waals surface area contributed by atoms with E-state index in [4.69, 9.17) is 21.1 Å². The monoisotopic (exact) mass is 194 g/mol. The van der Waals surface area contributed by atoms with Crippen molar-refractivity contribution in [1.29, 1.82) is 0 Å². The van der Waals surface area contributed by atoms with Crippen molar-refractivity contribution in [3.05, 3.63) is 0 Å². The molecule has 0 amide bonds. The zero-order chi connectivity index (χ0) is 9.23. The van der Waals surface area contributed by atoms with E-state index in [1.54, 1.807) is 14.2 Å². The van der Waals surface area contributed by atoms with E-state index in [2.05, 4.69) is 0 Å². The summed E-state index contributed by atoms with van der Waals surface area (Å²) < 4.78 is 9.86. The molecule has 0 rings (SSSR count). The van der Waals surface area contributed by atoms with Gasteiger partial charge in [-0.15, -0.1) is 11.6 Å². The molecular formula is C9H19ClO2. The quantitative estimate of drug-likeness (QED) is 0.437. The van der Waals surface area contributed by atoms with Crippen LogP contribution in [0.5, 0.6) is 0 Å². The van der Waals surface area contributed by atoms with E-state index in [9.17, 15) is 0 Å². The molecule has 0 N–H and O–H groups in total. The standard InChI is InChI=1S/C9H19ClO2/c1-11-7-5-3-4-6-9(10)8-12-2/h9H,3-8H2,1-2H3. The maximum atomic E-state index is 5.94. The van der Waals surface area contributed by atoms with Gasteiger partial charge in [-0.25, -0.2) is 0 Å². The summed E-state index contributed by atoms with van der Waals surface area (Å²) in [7, 11) is 3.41. The fourth-order valence-electron chi connectivity index (χ4n) is 1.05. The Morgan fingerprint density at radius 1 is 1.08 bits per heavy atom. The molecule has 0 fully saturated rings. The van der Waals surface area contributed by atoms with Crippen LogP contribution in [0.25, 0.3) is 0 Å². The summed E-state index contributed by atoms with van der Waals surface area (Å²) in [5.74, 6) is 0. The van der Waals surface area contributed by atoms with Gasteiger partial charge in [0.15, 0.2) is 0 Å². The second-order valence-electron chi connectivity index (χ2n) is 2.89. The van der Waals surface area contributed by atoms with E-state index in [0.29, 0.717) is 6.61 Å². The summed E-state index contributed by atoms with van der Waals surface area (Å²) in [6.45, 7) is 1.52. The summed E-state index contributed by atoms with van der Waals surface area (Å²) in [6, 6.07) is 0. The Labute approximate surface area is 80.2 Å². The van der Waals surface area contributed by atoms with Gasteiger partial charge in [0.1, 0.15) is 0 Å². The SMILES string of the molecule is COCCCCCC(Cl)COC. The minimum absolute atomic E-state index is 0.178. The van der Waals surface area contributed by atoms with Crippen LogP contribution in [-0.2, 0) is 9.47 Å². The summed E-state index contributed by atoms with van der Waals surface area (Å²) in [4.78, 5) is 0. The van der Waals surface area contributed by atoms with Gasteiger partial charge in [0.05, 0.1) is 12.0 Å². The van der Waals surface area contributed by atoms with Crippen LogP contribution in [0, 0.1) is 0 Å². The van der Waals surface area contributed by atoms with Gasteiger partial charge in [-0.3, -0.25) is 0 Å². The second-order valence-corrected chi connectivity index (χ2v) is 3.51. The molecule has 0 saturated heterocycles.